The molecule has 0 aliphatic rings. The molecule has 17 heavy (non-hydrogen) atoms. The molecule has 86 valence electrons. The van der Waals surface area contributed by atoms with E-state index < -0.39 is 0 Å². The molecule has 0 aliphatic carbocycles. The first kappa shape index (κ1) is 11.8. The predicted octanol–water partition coefficient (Wildman–Crippen LogP) is 3.58. The summed E-state index contributed by atoms with van der Waals surface area (Å²) in [5.41, 5.74) is 2.98. The maximum atomic E-state index is 12.2. The van der Waals surface area contributed by atoms with Crippen LogP contribution >= 0.6 is 11.6 Å². The molecule has 0 atom stereocenters. The van der Waals surface area contributed by atoms with Crippen LogP contribution in [0.2, 0.25) is 5.02 Å². The third-order valence-corrected chi connectivity index (χ3v) is 2.75. The quantitative estimate of drug-likeness (QED) is 0.757. The molecule has 0 radical (unpaired) electrons. The Morgan fingerprint density at radius 1 is 1.24 bits per heavy atom. The van der Waals surface area contributed by atoms with Gasteiger partial charge in [0, 0.05) is 16.8 Å². The minimum absolute atomic E-state index is 0.0926. The van der Waals surface area contributed by atoms with Crippen molar-refractivity contribution in [2.45, 2.75) is 13.8 Å². The topological polar surface area (TPSA) is 30.0 Å². The number of nitrogens with zero attached hydrogens (tertiary/aromatic N) is 1. The maximum Gasteiger partial charge on any atom is 0.211 e. The van der Waals surface area contributed by atoms with E-state index in [0.717, 1.165) is 11.1 Å². The first-order chi connectivity index (χ1) is 8.08. The normalized spacial score (nSPS) is 10.3. The van der Waals surface area contributed by atoms with Gasteiger partial charge in [-0.3, -0.25) is 9.78 Å². The summed E-state index contributed by atoms with van der Waals surface area (Å²) in [5.74, 6) is -0.0926. The van der Waals surface area contributed by atoms with Gasteiger partial charge in [-0.15, -0.1) is 0 Å². The van der Waals surface area contributed by atoms with E-state index in [1.807, 2.05) is 19.9 Å². The Bertz CT molecular complexity index is 578. The number of rotatable bonds is 2. The molecule has 3 heteroatoms. The van der Waals surface area contributed by atoms with Crippen LogP contribution in [0.25, 0.3) is 0 Å². The van der Waals surface area contributed by atoms with Crippen molar-refractivity contribution in [1.82, 2.24) is 4.98 Å². The molecule has 0 amide bonds. The average molecular weight is 246 g/mol. The van der Waals surface area contributed by atoms with Gasteiger partial charge in [0.15, 0.2) is 0 Å². The van der Waals surface area contributed by atoms with Gasteiger partial charge in [-0.1, -0.05) is 29.8 Å². The van der Waals surface area contributed by atoms with Crippen LogP contribution in [0.4, 0.5) is 0 Å². The number of ketones is 1. The lowest BCUT2D eigenvalue weighted by Gasteiger charge is -2.05. The molecule has 0 unspecified atom stereocenters. The summed E-state index contributed by atoms with van der Waals surface area (Å²) < 4.78 is 0. The monoisotopic (exact) mass is 245 g/mol. The van der Waals surface area contributed by atoms with Gasteiger partial charge in [-0.05, 0) is 37.1 Å². The van der Waals surface area contributed by atoms with Gasteiger partial charge in [-0.25, -0.2) is 0 Å². The van der Waals surface area contributed by atoms with Gasteiger partial charge in [0.1, 0.15) is 5.69 Å². The number of aromatic nitrogens is 1. The Kier molecular flexibility index (Phi) is 3.25. The van der Waals surface area contributed by atoms with Crippen molar-refractivity contribution >= 4 is 17.4 Å². The lowest BCUT2D eigenvalue weighted by atomic mass is 10.0. The number of aryl methyl sites for hydroxylation is 2. The van der Waals surface area contributed by atoms with E-state index in [2.05, 4.69) is 4.98 Å². The molecule has 2 aromatic rings. The largest absolute Gasteiger partial charge is 0.287 e. The molecule has 0 bridgehead atoms. The third-order valence-electron chi connectivity index (χ3n) is 2.52. The summed E-state index contributed by atoms with van der Waals surface area (Å²) in [6.07, 6.45) is 1.70. The average Bonchev–Trinajstić information content (AvgIpc) is 2.28. The van der Waals surface area contributed by atoms with Gasteiger partial charge < -0.3 is 0 Å². The van der Waals surface area contributed by atoms with Crippen molar-refractivity contribution in [2.75, 3.05) is 0 Å². The van der Waals surface area contributed by atoms with Gasteiger partial charge in [0.25, 0.3) is 0 Å². The SMILES string of the molecule is Cc1cnc(C(=O)c2cccc(Cl)c2)c(C)c1. The zero-order valence-electron chi connectivity index (χ0n) is 9.70. The minimum Gasteiger partial charge on any atom is -0.287 e. The summed E-state index contributed by atoms with van der Waals surface area (Å²) in [6.45, 7) is 3.84. The van der Waals surface area contributed by atoms with Crippen LogP contribution in [0.5, 0.6) is 0 Å². The molecule has 0 saturated heterocycles. The van der Waals surface area contributed by atoms with Gasteiger partial charge >= 0.3 is 0 Å². The molecular formula is C14H12ClNO. The fraction of sp³-hybridized carbons (Fsp3) is 0.143. The Balaban J connectivity index is 2.44. The Morgan fingerprint density at radius 3 is 2.65 bits per heavy atom. The maximum absolute atomic E-state index is 12.2. The van der Waals surface area contributed by atoms with Crippen LogP contribution in [-0.4, -0.2) is 10.8 Å². The van der Waals surface area contributed by atoms with Crippen LogP contribution in [0.15, 0.2) is 36.5 Å². The summed E-state index contributed by atoms with van der Waals surface area (Å²) in [5, 5.41) is 0.556. The molecule has 2 rings (SSSR count). The number of carbonyl (C=O) groups is 1. The van der Waals surface area contributed by atoms with E-state index in [1.165, 1.54) is 0 Å². The smallest absolute Gasteiger partial charge is 0.211 e. The molecular weight excluding hydrogens is 234 g/mol. The standard InChI is InChI=1S/C14H12ClNO/c1-9-6-10(2)13(16-8-9)14(17)11-4-3-5-12(15)7-11/h3-8H,1-2H3. The zero-order valence-corrected chi connectivity index (χ0v) is 10.5. The number of halogens is 1. The van der Waals surface area contributed by atoms with Crippen molar-refractivity contribution in [2.24, 2.45) is 0 Å². The van der Waals surface area contributed by atoms with Gasteiger partial charge in [-0.2, -0.15) is 0 Å². The second kappa shape index (κ2) is 4.68. The molecule has 1 aromatic carbocycles. The number of carbonyl (C=O) groups excluding carboxylic acids is 1. The number of hydrogen-bond donors (Lipinski definition) is 0. The lowest BCUT2D eigenvalue weighted by molar-refractivity contribution is 0.103. The third kappa shape index (κ3) is 2.53. The minimum atomic E-state index is -0.0926. The number of hydrogen-bond acceptors (Lipinski definition) is 2. The molecule has 0 saturated carbocycles. The molecule has 0 spiro atoms. The first-order valence-corrected chi connectivity index (χ1v) is 5.69. The second-order valence-electron chi connectivity index (χ2n) is 4.02. The van der Waals surface area contributed by atoms with E-state index in [0.29, 0.717) is 16.3 Å². The fourth-order valence-electron chi connectivity index (χ4n) is 1.72. The highest BCUT2D eigenvalue weighted by Crippen LogP contribution is 2.16. The van der Waals surface area contributed by atoms with Crippen LogP contribution in [-0.2, 0) is 0 Å². The van der Waals surface area contributed by atoms with Crippen LogP contribution in [0.1, 0.15) is 27.2 Å². The predicted molar refractivity (Wildman–Crippen MR) is 68.6 cm³/mol. The summed E-state index contributed by atoms with van der Waals surface area (Å²) in [7, 11) is 0. The Morgan fingerprint density at radius 2 is 2.00 bits per heavy atom. The van der Waals surface area contributed by atoms with Crippen LogP contribution in [0.3, 0.4) is 0 Å². The molecule has 2 nitrogen and oxygen atoms in total. The Labute approximate surface area is 105 Å². The van der Waals surface area contributed by atoms with Gasteiger partial charge in [0.2, 0.25) is 5.78 Å². The van der Waals surface area contributed by atoms with Crippen LogP contribution in [0, 0.1) is 13.8 Å². The van der Waals surface area contributed by atoms with E-state index in [-0.39, 0.29) is 5.78 Å². The van der Waals surface area contributed by atoms with Gasteiger partial charge in [0.05, 0.1) is 0 Å². The Hall–Kier alpha value is -1.67. The highest BCUT2D eigenvalue weighted by Gasteiger charge is 2.13. The van der Waals surface area contributed by atoms with Crippen LogP contribution < -0.4 is 0 Å². The van der Waals surface area contributed by atoms with Crippen molar-refractivity contribution < 1.29 is 4.79 Å². The summed E-state index contributed by atoms with van der Waals surface area (Å²) >= 11 is 5.87. The van der Waals surface area contributed by atoms with Crippen molar-refractivity contribution in [3.05, 3.63) is 63.9 Å². The van der Waals surface area contributed by atoms with Crippen molar-refractivity contribution in [3.63, 3.8) is 0 Å². The number of pyridine rings is 1. The molecule has 0 fully saturated rings. The van der Waals surface area contributed by atoms with Crippen molar-refractivity contribution in [3.8, 4) is 0 Å². The van der Waals surface area contributed by atoms with E-state index in [9.17, 15) is 4.79 Å². The lowest BCUT2D eigenvalue weighted by Crippen LogP contribution is -2.06. The molecule has 1 aromatic heterocycles. The first-order valence-electron chi connectivity index (χ1n) is 5.31. The second-order valence-corrected chi connectivity index (χ2v) is 4.45. The highest BCUT2D eigenvalue weighted by molar-refractivity contribution is 6.31. The summed E-state index contributed by atoms with van der Waals surface area (Å²) in [4.78, 5) is 16.4. The van der Waals surface area contributed by atoms with E-state index in [4.69, 9.17) is 11.6 Å². The highest BCUT2D eigenvalue weighted by atomic mass is 35.5. The number of benzene rings is 1. The van der Waals surface area contributed by atoms with E-state index in [1.54, 1.807) is 30.5 Å². The molecule has 0 aliphatic heterocycles. The molecule has 1 heterocycles. The summed E-state index contributed by atoms with van der Waals surface area (Å²) in [6, 6.07) is 8.86. The van der Waals surface area contributed by atoms with Crippen molar-refractivity contribution in [1.29, 1.82) is 0 Å². The van der Waals surface area contributed by atoms with E-state index >= 15 is 0 Å². The molecule has 0 N–H and O–H groups in total. The fourth-order valence-corrected chi connectivity index (χ4v) is 1.91. The zero-order chi connectivity index (χ0) is 12.4.